The summed E-state index contributed by atoms with van der Waals surface area (Å²) in [4.78, 5) is 2.48. The number of likely N-dealkylation sites (tertiary alicyclic amines) is 1. The Bertz CT molecular complexity index is 283. The van der Waals surface area contributed by atoms with Crippen LogP contribution >= 0.6 is 0 Å². The molecule has 0 aromatic carbocycles. The van der Waals surface area contributed by atoms with Gasteiger partial charge in [0.25, 0.3) is 0 Å². The second kappa shape index (κ2) is 6.53. The molecule has 1 saturated heterocycles. The van der Waals surface area contributed by atoms with Crippen LogP contribution in [0.3, 0.4) is 0 Å². The van der Waals surface area contributed by atoms with Crippen molar-refractivity contribution >= 4 is 0 Å². The molecule has 1 aliphatic heterocycles. The fraction of sp³-hybridized carbons (Fsp3) is 1.00. The molecule has 0 amide bonds. The highest BCUT2D eigenvalue weighted by atomic mass is 16.5. The van der Waals surface area contributed by atoms with E-state index in [1.165, 1.54) is 19.3 Å². The van der Waals surface area contributed by atoms with E-state index in [0.717, 1.165) is 26.2 Å². The molecule has 3 atom stereocenters. The standard InChI is InChI=1S/C15H30N2O2/c1-4-16-15(11-18,13-5-6-13)10-17-8-7-12(2)14(9-17)19-3/h12-14,16,18H,4-11H2,1-3H3. The number of methoxy groups -OCH3 is 1. The molecule has 1 aliphatic carbocycles. The molecule has 1 heterocycles. The van der Waals surface area contributed by atoms with E-state index in [1.807, 2.05) is 7.11 Å². The normalized spacial score (nSPS) is 32.2. The molecule has 0 aromatic rings. The lowest BCUT2D eigenvalue weighted by Gasteiger charge is -2.43. The van der Waals surface area contributed by atoms with Gasteiger partial charge in [-0.25, -0.2) is 0 Å². The zero-order valence-corrected chi connectivity index (χ0v) is 12.7. The molecule has 2 N–H and O–H groups in total. The molecule has 112 valence electrons. The number of likely N-dealkylation sites (N-methyl/N-ethyl adjacent to an activating group) is 1. The van der Waals surface area contributed by atoms with E-state index in [0.29, 0.717) is 17.9 Å². The molecule has 4 nitrogen and oxygen atoms in total. The van der Waals surface area contributed by atoms with Crippen molar-refractivity contribution < 1.29 is 9.84 Å². The van der Waals surface area contributed by atoms with Gasteiger partial charge in [0, 0.05) is 20.2 Å². The number of aliphatic hydroxyl groups is 1. The van der Waals surface area contributed by atoms with Crippen LogP contribution in [0.15, 0.2) is 0 Å². The highest BCUT2D eigenvalue weighted by Crippen LogP contribution is 2.40. The third-order valence-electron chi connectivity index (χ3n) is 4.95. The minimum Gasteiger partial charge on any atom is -0.394 e. The zero-order chi connectivity index (χ0) is 13.9. The lowest BCUT2D eigenvalue weighted by atomic mass is 9.90. The summed E-state index contributed by atoms with van der Waals surface area (Å²) in [6.45, 7) is 8.65. The van der Waals surface area contributed by atoms with Crippen LogP contribution in [-0.2, 0) is 4.74 Å². The predicted molar refractivity (Wildman–Crippen MR) is 77.2 cm³/mol. The maximum Gasteiger partial charge on any atom is 0.0724 e. The lowest BCUT2D eigenvalue weighted by molar-refractivity contribution is -0.0204. The lowest BCUT2D eigenvalue weighted by Crippen LogP contribution is -2.60. The highest BCUT2D eigenvalue weighted by molar-refractivity contribution is 5.03. The number of nitrogens with zero attached hydrogens (tertiary/aromatic N) is 1. The first-order valence-corrected chi connectivity index (χ1v) is 7.76. The second-order valence-corrected chi connectivity index (χ2v) is 6.39. The van der Waals surface area contributed by atoms with Crippen LogP contribution in [-0.4, -0.2) is 61.5 Å². The molecule has 2 fully saturated rings. The van der Waals surface area contributed by atoms with Gasteiger partial charge in [-0.3, -0.25) is 4.90 Å². The van der Waals surface area contributed by atoms with Crippen LogP contribution < -0.4 is 5.32 Å². The van der Waals surface area contributed by atoms with Gasteiger partial charge in [-0.1, -0.05) is 13.8 Å². The fourth-order valence-electron chi connectivity index (χ4n) is 3.50. The predicted octanol–water partition coefficient (Wildman–Crippen LogP) is 1.09. The molecular weight excluding hydrogens is 240 g/mol. The summed E-state index contributed by atoms with van der Waals surface area (Å²) in [7, 11) is 1.81. The Kier molecular flexibility index (Phi) is 5.23. The van der Waals surface area contributed by atoms with Crippen LogP contribution in [0, 0.1) is 11.8 Å². The molecule has 4 heteroatoms. The van der Waals surface area contributed by atoms with E-state index < -0.39 is 0 Å². The molecule has 0 bridgehead atoms. The quantitative estimate of drug-likeness (QED) is 0.727. The maximum atomic E-state index is 9.90. The Morgan fingerprint density at radius 3 is 2.63 bits per heavy atom. The first-order chi connectivity index (χ1) is 9.15. The molecule has 0 radical (unpaired) electrons. The summed E-state index contributed by atoms with van der Waals surface area (Å²) in [5.74, 6) is 1.29. The van der Waals surface area contributed by atoms with Gasteiger partial charge < -0.3 is 15.2 Å². The summed E-state index contributed by atoms with van der Waals surface area (Å²) in [5.41, 5.74) is -0.0897. The number of hydrogen-bond acceptors (Lipinski definition) is 4. The maximum absolute atomic E-state index is 9.90. The zero-order valence-electron chi connectivity index (χ0n) is 12.7. The summed E-state index contributed by atoms with van der Waals surface area (Å²) in [5, 5.41) is 13.5. The fourth-order valence-corrected chi connectivity index (χ4v) is 3.50. The van der Waals surface area contributed by atoms with Crippen molar-refractivity contribution in [2.75, 3.05) is 39.9 Å². The van der Waals surface area contributed by atoms with E-state index >= 15 is 0 Å². The average Bonchev–Trinajstić information content (AvgIpc) is 3.25. The van der Waals surface area contributed by atoms with E-state index in [4.69, 9.17) is 4.74 Å². The van der Waals surface area contributed by atoms with Gasteiger partial charge in [-0.2, -0.15) is 0 Å². The van der Waals surface area contributed by atoms with Gasteiger partial charge in [0.2, 0.25) is 0 Å². The summed E-state index contributed by atoms with van der Waals surface area (Å²) in [6.07, 6.45) is 4.04. The number of hydrogen-bond donors (Lipinski definition) is 2. The van der Waals surface area contributed by atoms with Crippen molar-refractivity contribution in [2.45, 2.75) is 44.8 Å². The van der Waals surface area contributed by atoms with Gasteiger partial charge in [0.05, 0.1) is 18.2 Å². The van der Waals surface area contributed by atoms with Crippen LogP contribution in [0.1, 0.15) is 33.1 Å². The second-order valence-electron chi connectivity index (χ2n) is 6.39. The summed E-state index contributed by atoms with van der Waals surface area (Å²) >= 11 is 0. The summed E-state index contributed by atoms with van der Waals surface area (Å²) < 4.78 is 5.59. The number of nitrogens with one attached hydrogen (secondary N) is 1. The Hall–Kier alpha value is -0.160. The SMILES string of the molecule is CCNC(CO)(CN1CCC(C)C(OC)C1)C1CC1. The van der Waals surface area contributed by atoms with Crippen molar-refractivity contribution in [1.82, 2.24) is 10.2 Å². The van der Waals surface area contributed by atoms with Crippen LogP contribution in [0.2, 0.25) is 0 Å². The van der Waals surface area contributed by atoms with Crippen LogP contribution in [0.4, 0.5) is 0 Å². The molecular formula is C15H30N2O2. The molecule has 2 aliphatic rings. The van der Waals surface area contributed by atoms with Gasteiger partial charge in [0.1, 0.15) is 0 Å². The molecule has 3 unspecified atom stereocenters. The largest absolute Gasteiger partial charge is 0.394 e. The first kappa shape index (κ1) is 15.2. The van der Waals surface area contributed by atoms with Crippen molar-refractivity contribution in [3.8, 4) is 0 Å². The van der Waals surface area contributed by atoms with E-state index in [2.05, 4.69) is 24.1 Å². The Labute approximate surface area is 117 Å². The van der Waals surface area contributed by atoms with E-state index in [1.54, 1.807) is 0 Å². The third kappa shape index (κ3) is 3.48. The Balaban J connectivity index is 1.97. The number of aliphatic hydroxyl groups excluding tert-OH is 1. The minimum atomic E-state index is -0.0897. The molecule has 1 saturated carbocycles. The summed E-state index contributed by atoms with van der Waals surface area (Å²) in [6, 6.07) is 0. The van der Waals surface area contributed by atoms with Crippen molar-refractivity contribution in [1.29, 1.82) is 0 Å². The topological polar surface area (TPSA) is 44.7 Å². The third-order valence-corrected chi connectivity index (χ3v) is 4.95. The van der Waals surface area contributed by atoms with Gasteiger partial charge >= 0.3 is 0 Å². The van der Waals surface area contributed by atoms with Gasteiger partial charge in [-0.05, 0) is 44.2 Å². The Morgan fingerprint density at radius 1 is 1.37 bits per heavy atom. The molecule has 0 spiro atoms. The highest BCUT2D eigenvalue weighted by Gasteiger charge is 2.45. The van der Waals surface area contributed by atoms with Gasteiger partial charge in [-0.15, -0.1) is 0 Å². The van der Waals surface area contributed by atoms with Gasteiger partial charge in [0.15, 0.2) is 0 Å². The minimum absolute atomic E-state index is 0.0897. The van der Waals surface area contributed by atoms with E-state index in [9.17, 15) is 5.11 Å². The first-order valence-electron chi connectivity index (χ1n) is 7.76. The average molecular weight is 270 g/mol. The Morgan fingerprint density at radius 2 is 2.11 bits per heavy atom. The number of piperidine rings is 1. The van der Waals surface area contributed by atoms with Crippen molar-refractivity contribution in [2.24, 2.45) is 11.8 Å². The molecule has 19 heavy (non-hydrogen) atoms. The smallest absolute Gasteiger partial charge is 0.0724 e. The number of ether oxygens (including phenoxy) is 1. The monoisotopic (exact) mass is 270 g/mol. The van der Waals surface area contributed by atoms with E-state index in [-0.39, 0.29) is 12.1 Å². The van der Waals surface area contributed by atoms with Crippen molar-refractivity contribution in [3.05, 3.63) is 0 Å². The molecule has 0 aromatic heterocycles. The van der Waals surface area contributed by atoms with Crippen molar-refractivity contribution in [3.63, 3.8) is 0 Å². The van der Waals surface area contributed by atoms with Crippen LogP contribution in [0.5, 0.6) is 0 Å². The number of rotatable bonds is 7. The van der Waals surface area contributed by atoms with Crippen LogP contribution in [0.25, 0.3) is 0 Å². The molecule has 2 rings (SSSR count).